The van der Waals surface area contributed by atoms with Gasteiger partial charge in [0.1, 0.15) is 5.15 Å². The van der Waals surface area contributed by atoms with Gasteiger partial charge >= 0.3 is 0 Å². The molecule has 0 spiro atoms. The zero-order valence-electron chi connectivity index (χ0n) is 11.4. The molecule has 0 saturated heterocycles. The van der Waals surface area contributed by atoms with Crippen LogP contribution in [0.4, 0.5) is 0 Å². The molecule has 3 aromatic rings. The normalized spacial score (nSPS) is 14.4. The fourth-order valence-electron chi connectivity index (χ4n) is 2.66. The molecule has 0 N–H and O–H groups in total. The molecule has 0 fully saturated rings. The zero-order chi connectivity index (χ0) is 15.3. The number of amides is 1. The summed E-state index contributed by atoms with van der Waals surface area (Å²) in [6, 6.07) is 5.51. The molecule has 8 heteroatoms. The third-order valence-electron chi connectivity index (χ3n) is 3.75. The van der Waals surface area contributed by atoms with E-state index in [2.05, 4.69) is 26.0 Å². The van der Waals surface area contributed by atoms with E-state index in [0.29, 0.717) is 36.1 Å². The van der Waals surface area contributed by atoms with Crippen molar-refractivity contribution in [3.05, 3.63) is 51.6 Å². The van der Waals surface area contributed by atoms with Gasteiger partial charge in [0.15, 0.2) is 11.3 Å². The number of hydrogen-bond acceptors (Lipinski definition) is 3. The molecule has 3 aromatic heterocycles. The van der Waals surface area contributed by atoms with Crippen LogP contribution in [0.25, 0.3) is 5.65 Å². The molecule has 1 amide bonds. The topological polar surface area (TPSA) is 55.4 Å². The summed E-state index contributed by atoms with van der Waals surface area (Å²) < 4.78 is 4.43. The Balaban J connectivity index is 1.63. The lowest BCUT2D eigenvalue weighted by atomic mass is 10.2. The summed E-state index contributed by atoms with van der Waals surface area (Å²) in [4.78, 5) is 18.6. The minimum atomic E-state index is -0.0924. The van der Waals surface area contributed by atoms with E-state index in [1.807, 2.05) is 16.7 Å². The van der Waals surface area contributed by atoms with E-state index < -0.39 is 0 Å². The number of rotatable bonds is 1. The van der Waals surface area contributed by atoms with Crippen molar-refractivity contribution in [2.45, 2.75) is 13.1 Å². The number of aromatic nitrogens is 4. The quantitative estimate of drug-likeness (QED) is 0.652. The van der Waals surface area contributed by atoms with E-state index in [4.69, 9.17) is 11.6 Å². The first-order valence-electron chi connectivity index (χ1n) is 6.76. The van der Waals surface area contributed by atoms with Crippen molar-refractivity contribution in [3.8, 4) is 0 Å². The minimum Gasteiger partial charge on any atom is -0.332 e. The molecule has 0 aromatic carbocycles. The van der Waals surface area contributed by atoms with Crippen molar-refractivity contribution in [1.82, 2.24) is 24.1 Å². The van der Waals surface area contributed by atoms with E-state index in [-0.39, 0.29) is 5.91 Å². The highest BCUT2D eigenvalue weighted by Crippen LogP contribution is 2.21. The van der Waals surface area contributed by atoms with Gasteiger partial charge in [0, 0.05) is 37.2 Å². The highest BCUT2D eigenvalue weighted by Gasteiger charge is 2.24. The monoisotopic (exact) mass is 379 g/mol. The molecule has 22 heavy (non-hydrogen) atoms. The predicted molar refractivity (Wildman–Crippen MR) is 84.9 cm³/mol. The predicted octanol–water partition coefficient (Wildman–Crippen LogP) is 2.60. The van der Waals surface area contributed by atoms with Gasteiger partial charge in [-0.05, 0) is 28.1 Å². The van der Waals surface area contributed by atoms with Gasteiger partial charge < -0.3 is 9.47 Å². The standard InChI is InChI=1S/C14H11BrClN5O/c15-9-6-17-13-5-11(18-21(13)7-9)14(22)19-3-4-20-10(8-19)1-2-12(20)16/h1-2,5-7H,3-4,8H2. The maximum Gasteiger partial charge on any atom is 0.274 e. The zero-order valence-corrected chi connectivity index (χ0v) is 13.8. The molecule has 0 aliphatic carbocycles. The SMILES string of the molecule is O=C(c1cc2ncc(Br)cn2n1)N1CCn2c(Cl)ccc2C1. The fraction of sp³-hybridized carbons (Fsp3) is 0.214. The molecule has 0 bridgehead atoms. The summed E-state index contributed by atoms with van der Waals surface area (Å²) in [7, 11) is 0. The van der Waals surface area contributed by atoms with Crippen molar-refractivity contribution in [2.75, 3.05) is 6.54 Å². The maximum absolute atomic E-state index is 12.6. The average molecular weight is 381 g/mol. The van der Waals surface area contributed by atoms with Crippen LogP contribution in [-0.4, -0.2) is 36.5 Å². The number of carbonyl (C=O) groups excluding carboxylic acids is 1. The number of halogens is 2. The number of carbonyl (C=O) groups is 1. The molecule has 4 heterocycles. The third kappa shape index (κ3) is 2.21. The van der Waals surface area contributed by atoms with Crippen LogP contribution in [0.1, 0.15) is 16.2 Å². The van der Waals surface area contributed by atoms with Crippen LogP contribution < -0.4 is 0 Å². The molecule has 1 aliphatic heterocycles. The van der Waals surface area contributed by atoms with Crippen LogP contribution in [0, 0.1) is 0 Å². The fourth-order valence-corrected chi connectivity index (χ4v) is 3.21. The largest absolute Gasteiger partial charge is 0.332 e. The molecule has 112 valence electrons. The first-order valence-corrected chi connectivity index (χ1v) is 7.93. The molecule has 0 saturated carbocycles. The second-order valence-electron chi connectivity index (χ2n) is 5.13. The lowest BCUT2D eigenvalue weighted by Gasteiger charge is -2.28. The Bertz CT molecular complexity index is 887. The average Bonchev–Trinajstić information content (AvgIpc) is 3.09. The van der Waals surface area contributed by atoms with Crippen LogP contribution >= 0.6 is 27.5 Å². The van der Waals surface area contributed by atoms with Gasteiger partial charge in [-0.1, -0.05) is 11.6 Å². The highest BCUT2D eigenvalue weighted by molar-refractivity contribution is 9.10. The molecular formula is C14H11BrClN5O. The maximum atomic E-state index is 12.6. The summed E-state index contributed by atoms with van der Waals surface area (Å²) >= 11 is 9.44. The van der Waals surface area contributed by atoms with E-state index in [1.165, 1.54) is 0 Å². The number of nitrogens with zero attached hydrogens (tertiary/aromatic N) is 5. The number of fused-ring (bicyclic) bond motifs is 2. The van der Waals surface area contributed by atoms with Crippen LogP contribution in [-0.2, 0) is 13.1 Å². The lowest BCUT2D eigenvalue weighted by molar-refractivity contribution is 0.0705. The Labute approximate surface area is 139 Å². The Morgan fingerprint density at radius 2 is 2.18 bits per heavy atom. The third-order valence-corrected chi connectivity index (χ3v) is 4.49. The highest BCUT2D eigenvalue weighted by atomic mass is 79.9. The second-order valence-corrected chi connectivity index (χ2v) is 6.43. The van der Waals surface area contributed by atoms with E-state index >= 15 is 0 Å². The molecule has 4 rings (SSSR count). The van der Waals surface area contributed by atoms with Crippen LogP contribution in [0.15, 0.2) is 35.1 Å². The summed E-state index contributed by atoms with van der Waals surface area (Å²) in [5, 5.41) is 5.02. The van der Waals surface area contributed by atoms with Gasteiger partial charge in [0.25, 0.3) is 5.91 Å². The Hall–Kier alpha value is -1.86. The summed E-state index contributed by atoms with van der Waals surface area (Å²) in [5.74, 6) is -0.0924. The van der Waals surface area contributed by atoms with Crippen molar-refractivity contribution in [2.24, 2.45) is 0 Å². The van der Waals surface area contributed by atoms with Crippen molar-refractivity contribution < 1.29 is 4.79 Å². The smallest absolute Gasteiger partial charge is 0.274 e. The van der Waals surface area contributed by atoms with E-state index in [0.717, 1.165) is 10.2 Å². The minimum absolute atomic E-state index is 0.0924. The molecular weight excluding hydrogens is 370 g/mol. The summed E-state index contributed by atoms with van der Waals surface area (Å²) in [6.07, 6.45) is 3.46. The van der Waals surface area contributed by atoms with Gasteiger partial charge in [0.2, 0.25) is 0 Å². The molecule has 6 nitrogen and oxygen atoms in total. The van der Waals surface area contributed by atoms with Crippen LogP contribution in [0.5, 0.6) is 0 Å². The van der Waals surface area contributed by atoms with Crippen molar-refractivity contribution >= 4 is 39.1 Å². The Kier molecular flexibility index (Phi) is 3.19. The Morgan fingerprint density at radius 1 is 1.32 bits per heavy atom. The van der Waals surface area contributed by atoms with Gasteiger partial charge in [-0.25, -0.2) is 9.50 Å². The molecule has 1 aliphatic rings. The van der Waals surface area contributed by atoms with Crippen LogP contribution in [0.3, 0.4) is 0 Å². The van der Waals surface area contributed by atoms with Crippen LogP contribution in [0.2, 0.25) is 5.15 Å². The summed E-state index contributed by atoms with van der Waals surface area (Å²) in [6.45, 7) is 1.85. The van der Waals surface area contributed by atoms with E-state index in [9.17, 15) is 4.79 Å². The number of hydrogen-bond donors (Lipinski definition) is 0. The van der Waals surface area contributed by atoms with Gasteiger partial charge in [-0.2, -0.15) is 5.10 Å². The van der Waals surface area contributed by atoms with Crippen molar-refractivity contribution in [1.29, 1.82) is 0 Å². The molecule has 0 atom stereocenters. The first-order chi connectivity index (χ1) is 10.6. The van der Waals surface area contributed by atoms with Gasteiger partial charge in [-0.3, -0.25) is 4.79 Å². The first kappa shape index (κ1) is 13.8. The van der Waals surface area contributed by atoms with E-state index in [1.54, 1.807) is 27.9 Å². The van der Waals surface area contributed by atoms with Gasteiger partial charge in [0.05, 0.1) is 11.0 Å². The molecule has 0 unspecified atom stereocenters. The lowest BCUT2D eigenvalue weighted by Crippen LogP contribution is -2.38. The van der Waals surface area contributed by atoms with Gasteiger partial charge in [-0.15, -0.1) is 0 Å². The summed E-state index contributed by atoms with van der Waals surface area (Å²) in [5.41, 5.74) is 2.08. The van der Waals surface area contributed by atoms with Crippen molar-refractivity contribution in [3.63, 3.8) is 0 Å². The second kappa shape index (κ2) is 5.10. The Morgan fingerprint density at radius 3 is 3.05 bits per heavy atom. The molecule has 0 radical (unpaired) electrons.